The molecule has 2 aromatic heterocycles. The summed E-state index contributed by atoms with van der Waals surface area (Å²) >= 11 is 0.295. The van der Waals surface area contributed by atoms with Gasteiger partial charge < -0.3 is 10.0 Å². The molecule has 0 saturated carbocycles. The van der Waals surface area contributed by atoms with Crippen LogP contribution in [0.25, 0.3) is 0 Å². The van der Waals surface area contributed by atoms with Crippen molar-refractivity contribution in [3.63, 3.8) is 0 Å². The maximum atomic E-state index is 12.9. The van der Waals surface area contributed by atoms with Gasteiger partial charge in [0.25, 0.3) is 10.0 Å². The summed E-state index contributed by atoms with van der Waals surface area (Å²) < 4.78 is 64.4. The third kappa shape index (κ3) is 3.98. The first-order chi connectivity index (χ1) is 14.6. The lowest BCUT2D eigenvalue weighted by molar-refractivity contribution is -0.135. The highest BCUT2D eigenvalue weighted by molar-refractivity contribution is 7.90. The van der Waals surface area contributed by atoms with E-state index in [0.29, 0.717) is 38.3 Å². The third-order valence-corrected chi connectivity index (χ3v) is 7.59. The topological polar surface area (TPSA) is 92.5 Å². The molecule has 1 aromatic carbocycles. The molecule has 1 aliphatic heterocycles. The number of hydrogen-bond donors (Lipinski definition) is 1. The number of fused-ring (bicyclic) bond motifs is 1. The largest absolute Gasteiger partial charge is 0.425 e. The molecule has 0 radical (unpaired) electrons. The summed E-state index contributed by atoms with van der Waals surface area (Å²) in [6.45, 7) is -0.257. The van der Waals surface area contributed by atoms with Crippen molar-refractivity contribution in [2.75, 3.05) is 6.61 Å². The summed E-state index contributed by atoms with van der Waals surface area (Å²) in [5, 5.41) is 14.6. The lowest BCUT2D eigenvalue weighted by Crippen LogP contribution is -2.33. The number of aliphatic hydroxyl groups excluding tert-OH is 1. The molecule has 0 bridgehead atoms. The first-order valence-electron chi connectivity index (χ1n) is 9.04. The summed E-state index contributed by atoms with van der Waals surface area (Å²) in [7, 11) is -4.29. The summed E-state index contributed by atoms with van der Waals surface area (Å²) in [4.78, 5) is 12.8. The molecule has 164 valence electrons. The Bertz CT molecular complexity index is 1200. The van der Waals surface area contributed by atoms with Crippen LogP contribution in [0.4, 0.5) is 13.2 Å². The quantitative estimate of drug-likeness (QED) is 0.618. The van der Waals surface area contributed by atoms with E-state index in [2.05, 4.69) is 5.10 Å². The van der Waals surface area contributed by atoms with Crippen LogP contribution in [0, 0.1) is 0 Å². The van der Waals surface area contributed by atoms with Gasteiger partial charge in [-0.1, -0.05) is 30.3 Å². The monoisotopic (exact) mass is 471 g/mol. The second-order valence-corrected chi connectivity index (χ2v) is 9.67. The molecule has 7 nitrogen and oxygen atoms in total. The van der Waals surface area contributed by atoms with Crippen molar-refractivity contribution < 1.29 is 31.5 Å². The molecular formula is C19H16F3N3O4S2. The second-order valence-electron chi connectivity index (χ2n) is 6.96. The van der Waals surface area contributed by atoms with Crippen molar-refractivity contribution in [3.8, 4) is 0 Å². The number of hydrogen-bond acceptors (Lipinski definition) is 6. The van der Waals surface area contributed by atoms with Gasteiger partial charge in [0.1, 0.15) is 9.77 Å². The van der Waals surface area contributed by atoms with Gasteiger partial charge in [-0.3, -0.25) is 4.79 Å². The second kappa shape index (κ2) is 7.77. The first kappa shape index (κ1) is 21.5. The molecule has 4 rings (SSSR count). The summed E-state index contributed by atoms with van der Waals surface area (Å²) in [5.41, 5.74) is 1.48. The van der Waals surface area contributed by atoms with E-state index in [4.69, 9.17) is 0 Å². The van der Waals surface area contributed by atoms with Crippen molar-refractivity contribution in [3.05, 3.63) is 69.7 Å². The number of thiophene rings is 1. The van der Waals surface area contributed by atoms with E-state index < -0.39 is 31.9 Å². The number of carbonyl (C=O) groups is 1. The predicted octanol–water partition coefficient (Wildman–Crippen LogP) is 2.82. The Balaban J connectivity index is 1.53. The van der Waals surface area contributed by atoms with Crippen LogP contribution in [0.15, 0.2) is 52.9 Å². The van der Waals surface area contributed by atoms with Gasteiger partial charge in [0, 0.05) is 23.7 Å². The van der Waals surface area contributed by atoms with Crippen LogP contribution in [-0.2, 0) is 34.1 Å². The SMILES string of the molecule is O=C([C@H](CO)c1ccccc1)N1Cc2cn(S(=O)(=O)c3csc(C(F)(F)F)c3)nc2C1. The molecule has 0 aliphatic carbocycles. The van der Waals surface area contributed by atoms with Gasteiger partial charge in [-0.05, 0) is 11.6 Å². The summed E-state index contributed by atoms with van der Waals surface area (Å²) in [6, 6.07) is 9.35. The Morgan fingerprint density at radius 1 is 1.23 bits per heavy atom. The maximum absolute atomic E-state index is 12.9. The summed E-state index contributed by atoms with van der Waals surface area (Å²) in [5.74, 6) is -1.08. The molecule has 12 heteroatoms. The van der Waals surface area contributed by atoms with E-state index in [1.165, 1.54) is 11.1 Å². The minimum absolute atomic E-state index is 0.0391. The van der Waals surface area contributed by atoms with Crippen molar-refractivity contribution in [1.82, 2.24) is 14.1 Å². The molecular weight excluding hydrogens is 455 g/mol. The number of nitrogens with zero attached hydrogens (tertiary/aromatic N) is 3. The fourth-order valence-corrected chi connectivity index (χ4v) is 5.65. The standard InChI is InChI=1S/C19H16F3N3O4S2/c20-19(21,22)17-6-14(11-30-17)31(28,29)25-8-13-7-24(9-16(13)23-25)18(27)15(10-26)12-4-2-1-3-5-12/h1-6,8,11,15,26H,7,9-10H2/t15-/m1/s1. The molecule has 3 aromatic rings. The van der Waals surface area contributed by atoms with E-state index in [1.54, 1.807) is 30.3 Å². The lowest BCUT2D eigenvalue weighted by Gasteiger charge is -2.22. The number of aliphatic hydroxyl groups is 1. The van der Waals surface area contributed by atoms with Crippen LogP contribution in [0.2, 0.25) is 0 Å². The van der Waals surface area contributed by atoms with E-state index in [1.807, 2.05) is 0 Å². The Morgan fingerprint density at radius 3 is 2.52 bits per heavy atom. The van der Waals surface area contributed by atoms with E-state index in [-0.39, 0.29) is 25.6 Å². The zero-order valence-corrected chi connectivity index (χ0v) is 17.4. The van der Waals surface area contributed by atoms with Crippen molar-refractivity contribution in [2.45, 2.75) is 30.1 Å². The van der Waals surface area contributed by atoms with Gasteiger partial charge in [-0.2, -0.15) is 30.8 Å². The molecule has 1 N–H and O–H groups in total. The minimum atomic E-state index is -4.63. The van der Waals surface area contributed by atoms with E-state index in [9.17, 15) is 31.5 Å². The van der Waals surface area contributed by atoms with Crippen LogP contribution in [0.5, 0.6) is 0 Å². The predicted molar refractivity (Wildman–Crippen MR) is 105 cm³/mol. The molecule has 31 heavy (non-hydrogen) atoms. The van der Waals surface area contributed by atoms with Crippen LogP contribution < -0.4 is 0 Å². The van der Waals surface area contributed by atoms with Crippen LogP contribution in [0.3, 0.4) is 0 Å². The molecule has 0 unspecified atom stereocenters. The molecule has 1 aliphatic rings. The zero-order chi connectivity index (χ0) is 22.4. The van der Waals surface area contributed by atoms with Gasteiger partial charge >= 0.3 is 6.18 Å². The fourth-order valence-electron chi connectivity index (χ4n) is 3.35. The molecule has 0 saturated heterocycles. The molecule has 1 amide bonds. The van der Waals surface area contributed by atoms with Crippen molar-refractivity contribution >= 4 is 27.3 Å². The smallest absolute Gasteiger partial charge is 0.395 e. The first-order valence-corrected chi connectivity index (χ1v) is 11.4. The van der Waals surface area contributed by atoms with Crippen LogP contribution >= 0.6 is 11.3 Å². The zero-order valence-electron chi connectivity index (χ0n) is 15.8. The van der Waals surface area contributed by atoms with Crippen molar-refractivity contribution in [2.24, 2.45) is 0 Å². The Hall–Kier alpha value is -2.70. The highest BCUT2D eigenvalue weighted by Gasteiger charge is 2.36. The van der Waals surface area contributed by atoms with Crippen LogP contribution in [0.1, 0.15) is 27.6 Å². The highest BCUT2D eigenvalue weighted by Crippen LogP contribution is 2.36. The number of carbonyl (C=O) groups excluding carboxylic acids is 1. The van der Waals surface area contributed by atoms with E-state index >= 15 is 0 Å². The number of halogens is 3. The lowest BCUT2D eigenvalue weighted by atomic mass is 9.98. The number of amides is 1. The Kier molecular flexibility index (Phi) is 5.40. The highest BCUT2D eigenvalue weighted by atomic mass is 32.2. The average Bonchev–Trinajstić information content (AvgIpc) is 3.43. The molecule has 0 spiro atoms. The molecule has 0 fully saturated rings. The third-order valence-electron chi connectivity index (χ3n) is 4.95. The van der Waals surface area contributed by atoms with Gasteiger partial charge in [0.2, 0.25) is 5.91 Å². The molecule has 3 heterocycles. The van der Waals surface area contributed by atoms with E-state index in [0.717, 1.165) is 5.38 Å². The molecule has 1 atom stereocenters. The van der Waals surface area contributed by atoms with Gasteiger partial charge in [-0.25, -0.2) is 0 Å². The van der Waals surface area contributed by atoms with Crippen LogP contribution in [-0.4, -0.2) is 40.1 Å². The average molecular weight is 471 g/mol. The van der Waals surface area contributed by atoms with Gasteiger partial charge in [0.15, 0.2) is 0 Å². The number of aromatic nitrogens is 2. The normalized spacial score (nSPS) is 15.2. The Morgan fingerprint density at radius 2 is 1.94 bits per heavy atom. The number of rotatable bonds is 5. The number of benzene rings is 1. The Labute approximate surface area is 179 Å². The summed E-state index contributed by atoms with van der Waals surface area (Å²) in [6.07, 6.45) is -3.42. The minimum Gasteiger partial charge on any atom is -0.395 e. The van der Waals surface area contributed by atoms with Crippen molar-refractivity contribution in [1.29, 1.82) is 0 Å². The maximum Gasteiger partial charge on any atom is 0.425 e. The number of alkyl halides is 3. The van der Waals surface area contributed by atoms with Gasteiger partial charge in [-0.15, -0.1) is 11.3 Å². The van der Waals surface area contributed by atoms with Gasteiger partial charge in [0.05, 0.1) is 24.8 Å². The fraction of sp³-hybridized carbons (Fsp3) is 0.263.